The Morgan fingerprint density at radius 1 is 0.960 bits per heavy atom. The summed E-state index contributed by atoms with van der Waals surface area (Å²) in [4.78, 5) is 14.8. The third-order valence-electron chi connectivity index (χ3n) is 5.24. The Labute approximate surface area is 151 Å². The molecule has 0 saturated heterocycles. The monoisotopic (exact) mass is 339 g/mol. The van der Waals surface area contributed by atoms with Crippen LogP contribution in [0.2, 0.25) is 0 Å². The van der Waals surface area contributed by atoms with Crippen molar-refractivity contribution in [2.24, 2.45) is 5.92 Å². The summed E-state index contributed by atoms with van der Waals surface area (Å²) in [5, 5.41) is 10.6. The number of amides is 1. The minimum atomic E-state index is -0.695. The van der Waals surface area contributed by atoms with Crippen LogP contribution in [0, 0.1) is 5.92 Å². The largest absolute Gasteiger partial charge is 0.386 e. The molecule has 0 aromatic heterocycles. The summed E-state index contributed by atoms with van der Waals surface area (Å²) >= 11 is 0. The van der Waals surface area contributed by atoms with Gasteiger partial charge >= 0.3 is 0 Å². The van der Waals surface area contributed by atoms with Gasteiger partial charge in [-0.1, -0.05) is 74.5 Å². The molecule has 2 aromatic rings. The summed E-state index contributed by atoms with van der Waals surface area (Å²) < 4.78 is 0. The van der Waals surface area contributed by atoms with Gasteiger partial charge in [-0.05, 0) is 30.4 Å². The van der Waals surface area contributed by atoms with E-state index in [2.05, 4.69) is 19.1 Å². The van der Waals surface area contributed by atoms with Crippen molar-refractivity contribution < 1.29 is 9.90 Å². The standard InChI is InChI=1S/C22H29NO2/c1-5-20(16(2)18-12-8-6-9-13-18)22(25)23(4)17(3)21(24)19-14-10-7-11-15-19/h6-17,20-21,24H,5H2,1-4H3/t16-,17-,20-,21+/m0/s1. The zero-order valence-electron chi connectivity index (χ0n) is 15.6. The van der Waals surface area contributed by atoms with Crippen molar-refractivity contribution in [2.45, 2.75) is 45.3 Å². The lowest BCUT2D eigenvalue weighted by Gasteiger charge is -2.34. The molecule has 2 aromatic carbocycles. The van der Waals surface area contributed by atoms with Crippen LogP contribution in [-0.4, -0.2) is 29.0 Å². The summed E-state index contributed by atoms with van der Waals surface area (Å²) in [5.41, 5.74) is 2.01. The van der Waals surface area contributed by atoms with Crippen LogP contribution in [0.3, 0.4) is 0 Å². The third-order valence-corrected chi connectivity index (χ3v) is 5.24. The van der Waals surface area contributed by atoms with Gasteiger partial charge in [-0.15, -0.1) is 0 Å². The molecular formula is C22H29NO2. The predicted molar refractivity (Wildman–Crippen MR) is 102 cm³/mol. The van der Waals surface area contributed by atoms with Crippen molar-refractivity contribution >= 4 is 5.91 Å². The second kappa shape index (κ2) is 8.82. The molecule has 2 rings (SSSR count). The van der Waals surface area contributed by atoms with Crippen molar-refractivity contribution in [3.8, 4) is 0 Å². The van der Waals surface area contributed by atoms with Crippen molar-refractivity contribution in [3.63, 3.8) is 0 Å². The zero-order valence-corrected chi connectivity index (χ0v) is 15.6. The summed E-state index contributed by atoms with van der Waals surface area (Å²) in [7, 11) is 1.79. The van der Waals surface area contributed by atoms with E-state index in [1.807, 2.05) is 62.4 Å². The summed E-state index contributed by atoms with van der Waals surface area (Å²) in [6.07, 6.45) is 0.0765. The number of aliphatic hydroxyl groups is 1. The Kier molecular flexibility index (Phi) is 6.77. The van der Waals surface area contributed by atoms with Gasteiger partial charge in [0, 0.05) is 13.0 Å². The molecule has 4 atom stereocenters. The SMILES string of the molecule is CC[C@H](C(=O)N(C)[C@@H](C)[C@@H](O)c1ccccc1)[C@@H](C)c1ccccc1. The number of hydrogen-bond donors (Lipinski definition) is 1. The van der Waals surface area contributed by atoms with Gasteiger partial charge in [0.1, 0.15) is 0 Å². The number of likely N-dealkylation sites (N-methyl/N-ethyl adjacent to an activating group) is 1. The van der Waals surface area contributed by atoms with Crippen LogP contribution >= 0.6 is 0 Å². The van der Waals surface area contributed by atoms with E-state index in [1.54, 1.807) is 11.9 Å². The van der Waals surface area contributed by atoms with Crippen LogP contribution in [0.15, 0.2) is 60.7 Å². The fourth-order valence-electron chi connectivity index (χ4n) is 3.33. The zero-order chi connectivity index (χ0) is 18.4. The highest BCUT2D eigenvalue weighted by atomic mass is 16.3. The van der Waals surface area contributed by atoms with Crippen LogP contribution in [0.4, 0.5) is 0 Å². The first-order valence-electron chi connectivity index (χ1n) is 9.02. The molecule has 0 bridgehead atoms. The number of rotatable bonds is 7. The fourth-order valence-corrected chi connectivity index (χ4v) is 3.33. The minimum Gasteiger partial charge on any atom is -0.386 e. The Hall–Kier alpha value is -2.13. The van der Waals surface area contributed by atoms with E-state index in [1.165, 1.54) is 5.56 Å². The molecular weight excluding hydrogens is 310 g/mol. The molecule has 0 aliphatic heterocycles. The molecule has 0 fully saturated rings. The van der Waals surface area contributed by atoms with Gasteiger partial charge in [0.2, 0.25) is 5.91 Å². The van der Waals surface area contributed by atoms with E-state index in [0.29, 0.717) is 0 Å². The lowest BCUT2D eigenvalue weighted by Crippen LogP contribution is -2.43. The molecule has 0 saturated carbocycles. The Morgan fingerprint density at radius 3 is 1.92 bits per heavy atom. The minimum absolute atomic E-state index is 0.0846. The summed E-state index contributed by atoms with van der Waals surface area (Å²) in [5.74, 6) is 0.126. The molecule has 1 N–H and O–H groups in total. The topological polar surface area (TPSA) is 40.5 Å². The molecule has 0 unspecified atom stereocenters. The number of benzene rings is 2. The molecule has 0 aliphatic rings. The van der Waals surface area contributed by atoms with Crippen molar-refractivity contribution in [1.82, 2.24) is 4.90 Å². The van der Waals surface area contributed by atoms with E-state index in [0.717, 1.165) is 12.0 Å². The summed E-state index contributed by atoms with van der Waals surface area (Å²) in [6, 6.07) is 19.4. The first kappa shape index (κ1) is 19.2. The highest BCUT2D eigenvalue weighted by molar-refractivity contribution is 5.80. The normalized spacial score (nSPS) is 15.9. The van der Waals surface area contributed by atoms with Crippen LogP contribution in [0.5, 0.6) is 0 Å². The molecule has 3 nitrogen and oxygen atoms in total. The van der Waals surface area contributed by atoms with E-state index in [4.69, 9.17) is 0 Å². The average Bonchev–Trinajstić information content (AvgIpc) is 2.67. The van der Waals surface area contributed by atoms with Gasteiger partial charge in [0.25, 0.3) is 0 Å². The molecule has 0 heterocycles. The highest BCUT2D eigenvalue weighted by Crippen LogP contribution is 2.30. The molecule has 0 aliphatic carbocycles. The quantitative estimate of drug-likeness (QED) is 0.812. The Balaban J connectivity index is 2.13. The van der Waals surface area contributed by atoms with Crippen LogP contribution < -0.4 is 0 Å². The van der Waals surface area contributed by atoms with Gasteiger partial charge < -0.3 is 10.0 Å². The molecule has 134 valence electrons. The molecule has 0 radical (unpaired) electrons. The second-order valence-corrected chi connectivity index (χ2v) is 6.76. The lowest BCUT2D eigenvalue weighted by molar-refractivity contribution is -0.139. The number of nitrogens with zero attached hydrogens (tertiary/aromatic N) is 1. The van der Waals surface area contributed by atoms with Crippen LogP contribution in [0.1, 0.15) is 50.3 Å². The molecule has 3 heteroatoms. The van der Waals surface area contributed by atoms with E-state index in [9.17, 15) is 9.90 Å². The highest BCUT2D eigenvalue weighted by Gasteiger charge is 2.31. The first-order valence-corrected chi connectivity index (χ1v) is 9.02. The van der Waals surface area contributed by atoms with Gasteiger partial charge in [0.05, 0.1) is 12.1 Å². The van der Waals surface area contributed by atoms with Gasteiger partial charge in [-0.3, -0.25) is 4.79 Å². The third kappa shape index (κ3) is 4.49. The van der Waals surface area contributed by atoms with Crippen molar-refractivity contribution in [1.29, 1.82) is 0 Å². The Bertz CT molecular complexity index is 656. The number of carbonyl (C=O) groups is 1. The number of carbonyl (C=O) groups excluding carboxylic acids is 1. The van der Waals surface area contributed by atoms with E-state index < -0.39 is 6.10 Å². The maximum Gasteiger partial charge on any atom is 0.226 e. The maximum atomic E-state index is 13.1. The van der Waals surface area contributed by atoms with Crippen LogP contribution in [0.25, 0.3) is 0 Å². The van der Waals surface area contributed by atoms with Crippen molar-refractivity contribution in [3.05, 3.63) is 71.8 Å². The lowest BCUT2D eigenvalue weighted by atomic mass is 9.84. The number of aliphatic hydroxyl groups excluding tert-OH is 1. The number of hydrogen-bond acceptors (Lipinski definition) is 2. The van der Waals surface area contributed by atoms with E-state index in [-0.39, 0.29) is 23.8 Å². The molecule has 1 amide bonds. The van der Waals surface area contributed by atoms with Gasteiger partial charge in [-0.25, -0.2) is 0 Å². The van der Waals surface area contributed by atoms with Crippen molar-refractivity contribution in [2.75, 3.05) is 7.05 Å². The second-order valence-electron chi connectivity index (χ2n) is 6.76. The van der Waals surface area contributed by atoms with Gasteiger partial charge in [0.15, 0.2) is 0 Å². The van der Waals surface area contributed by atoms with E-state index >= 15 is 0 Å². The predicted octanol–water partition coefficient (Wildman–Crippen LogP) is 4.40. The first-order chi connectivity index (χ1) is 12.0. The average molecular weight is 339 g/mol. The molecule has 25 heavy (non-hydrogen) atoms. The van der Waals surface area contributed by atoms with Gasteiger partial charge in [-0.2, -0.15) is 0 Å². The fraction of sp³-hybridized carbons (Fsp3) is 0.409. The smallest absolute Gasteiger partial charge is 0.226 e. The van der Waals surface area contributed by atoms with Crippen LogP contribution in [-0.2, 0) is 4.79 Å². The Morgan fingerprint density at radius 2 is 1.44 bits per heavy atom. The molecule has 0 spiro atoms. The maximum absolute atomic E-state index is 13.1. The summed E-state index contributed by atoms with van der Waals surface area (Å²) in [6.45, 7) is 6.05.